The molecule has 0 saturated heterocycles. The highest BCUT2D eigenvalue weighted by Gasteiger charge is 2.35. The van der Waals surface area contributed by atoms with E-state index in [1.54, 1.807) is 78.0 Å². The molecule has 0 spiro atoms. The molecule has 2 aromatic carbocycles. The molecule has 0 unspecified atom stereocenters. The highest BCUT2D eigenvalue weighted by atomic mass is 35.5. The molecule has 4 aromatic rings. The van der Waals surface area contributed by atoms with Crippen LogP contribution in [0.15, 0.2) is 85.3 Å². The van der Waals surface area contributed by atoms with E-state index >= 15 is 0 Å². The number of pyridine rings is 2. The van der Waals surface area contributed by atoms with Gasteiger partial charge in [0.15, 0.2) is 11.6 Å². The van der Waals surface area contributed by atoms with Gasteiger partial charge in [-0.05, 0) is 65.2 Å². The van der Waals surface area contributed by atoms with Crippen molar-refractivity contribution in [2.24, 2.45) is 0 Å². The Bertz CT molecular complexity index is 1510. The number of carbonyl (C=O) groups is 3. The minimum Gasteiger partial charge on any atom is -0.324 e. The van der Waals surface area contributed by atoms with Crippen LogP contribution in [0.4, 0.5) is 5.82 Å². The summed E-state index contributed by atoms with van der Waals surface area (Å²) in [5.74, 6) is -0.415. The van der Waals surface area contributed by atoms with Crippen molar-refractivity contribution in [3.05, 3.63) is 123 Å². The predicted molar refractivity (Wildman–Crippen MR) is 145 cm³/mol. The molecule has 1 N–H and O–H groups in total. The van der Waals surface area contributed by atoms with Crippen molar-refractivity contribution in [1.82, 2.24) is 14.9 Å². The van der Waals surface area contributed by atoms with Gasteiger partial charge >= 0.3 is 0 Å². The second kappa shape index (κ2) is 11.1. The van der Waals surface area contributed by atoms with Crippen molar-refractivity contribution in [3.63, 3.8) is 0 Å². The van der Waals surface area contributed by atoms with Crippen molar-refractivity contribution in [3.8, 4) is 0 Å². The maximum Gasteiger partial charge on any atom is 0.256 e. The zero-order valence-corrected chi connectivity index (χ0v) is 21.6. The molecule has 2 amide bonds. The van der Waals surface area contributed by atoms with Gasteiger partial charge in [0.25, 0.3) is 11.8 Å². The third kappa shape index (κ3) is 5.59. The van der Waals surface area contributed by atoms with Gasteiger partial charge in [-0.3, -0.25) is 19.4 Å². The number of nitrogens with one attached hydrogen (secondary N) is 1. The monoisotopic (exact) mass is 544 g/mol. The third-order valence-corrected chi connectivity index (χ3v) is 6.92. The number of amides is 2. The van der Waals surface area contributed by atoms with Crippen LogP contribution >= 0.6 is 23.2 Å². The summed E-state index contributed by atoms with van der Waals surface area (Å²) >= 11 is 12.3. The lowest BCUT2D eigenvalue weighted by Gasteiger charge is -2.29. The number of nitrogens with zero attached hydrogens (tertiary/aromatic N) is 3. The van der Waals surface area contributed by atoms with E-state index in [-0.39, 0.29) is 36.4 Å². The van der Waals surface area contributed by atoms with E-state index in [4.69, 9.17) is 23.2 Å². The summed E-state index contributed by atoms with van der Waals surface area (Å²) in [4.78, 5) is 49.7. The Morgan fingerprint density at radius 3 is 2.50 bits per heavy atom. The summed E-state index contributed by atoms with van der Waals surface area (Å²) in [5, 5.41) is 3.50. The molecule has 5 rings (SSSR count). The van der Waals surface area contributed by atoms with Gasteiger partial charge in [0, 0.05) is 54.1 Å². The molecule has 190 valence electrons. The first kappa shape index (κ1) is 25.6. The van der Waals surface area contributed by atoms with E-state index in [1.165, 1.54) is 6.20 Å². The average molecular weight is 545 g/mol. The Hall–Kier alpha value is -4.07. The van der Waals surface area contributed by atoms with E-state index in [1.807, 2.05) is 6.07 Å². The Kier molecular flexibility index (Phi) is 7.49. The highest BCUT2D eigenvalue weighted by molar-refractivity contribution is 6.33. The molecule has 0 saturated carbocycles. The second-order valence-electron chi connectivity index (χ2n) is 8.94. The van der Waals surface area contributed by atoms with E-state index < -0.39 is 6.04 Å². The number of halogens is 2. The van der Waals surface area contributed by atoms with Gasteiger partial charge in [-0.15, -0.1) is 0 Å². The summed E-state index contributed by atoms with van der Waals surface area (Å²) in [7, 11) is 0. The van der Waals surface area contributed by atoms with Crippen LogP contribution in [0.1, 0.15) is 37.4 Å². The van der Waals surface area contributed by atoms with E-state index in [2.05, 4.69) is 15.3 Å². The van der Waals surface area contributed by atoms with Crippen LogP contribution in [-0.2, 0) is 24.2 Å². The fourth-order valence-electron chi connectivity index (χ4n) is 4.46. The van der Waals surface area contributed by atoms with Gasteiger partial charge in [-0.25, -0.2) is 4.98 Å². The molecule has 38 heavy (non-hydrogen) atoms. The van der Waals surface area contributed by atoms with Crippen molar-refractivity contribution in [2.75, 3.05) is 5.32 Å². The average Bonchev–Trinajstić information content (AvgIpc) is 3.00. The Balaban J connectivity index is 1.42. The molecule has 0 radical (unpaired) electrons. The van der Waals surface area contributed by atoms with Gasteiger partial charge in [0.05, 0.1) is 11.1 Å². The number of aromatic nitrogens is 2. The summed E-state index contributed by atoms with van der Waals surface area (Å²) in [5.41, 5.74) is 3.10. The molecule has 0 fully saturated rings. The summed E-state index contributed by atoms with van der Waals surface area (Å²) in [6, 6.07) is 18.2. The number of anilines is 1. The van der Waals surface area contributed by atoms with Crippen molar-refractivity contribution in [1.29, 1.82) is 0 Å². The van der Waals surface area contributed by atoms with Crippen LogP contribution in [0.25, 0.3) is 0 Å². The molecular formula is C29H22Cl2N4O3. The van der Waals surface area contributed by atoms with Crippen LogP contribution in [-0.4, -0.2) is 38.5 Å². The molecule has 9 heteroatoms. The maximum absolute atomic E-state index is 13.7. The van der Waals surface area contributed by atoms with Crippen LogP contribution in [0.3, 0.4) is 0 Å². The standard InChI is InChI=1S/C29H22Cl2N4O3/c30-22-9-10-23-21(14-22)15-26(36)25(13-19-3-1-11-32-16-19)35(29(23)38)17-18-5-7-20(8-6-18)28(37)34-27-24(31)4-2-12-33-27/h1-12,14,16,25H,13,15,17H2,(H,33,34,37)/t25-/m1/s1. The first-order valence-electron chi connectivity index (χ1n) is 11.9. The fourth-order valence-corrected chi connectivity index (χ4v) is 4.82. The molecule has 2 aromatic heterocycles. The summed E-state index contributed by atoms with van der Waals surface area (Å²) in [6.07, 6.45) is 5.35. The van der Waals surface area contributed by atoms with Crippen molar-refractivity contribution >= 4 is 46.6 Å². The topological polar surface area (TPSA) is 92.3 Å². The molecular weight excluding hydrogens is 523 g/mol. The molecule has 1 atom stereocenters. The highest BCUT2D eigenvalue weighted by Crippen LogP contribution is 2.27. The number of carbonyl (C=O) groups excluding carboxylic acids is 3. The maximum atomic E-state index is 13.7. The lowest BCUT2D eigenvalue weighted by molar-refractivity contribution is -0.122. The first-order chi connectivity index (χ1) is 18.4. The van der Waals surface area contributed by atoms with E-state index in [9.17, 15) is 14.4 Å². The van der Waals surface area contributed by atoms with Gasteiger partial charge < -0.3 is 10.2 Å². The Morgan fingerprint density at radius 1 is 0.974 bits per heavy atom. The number of ketones is 1. The molecule has 3 heterocycles. The van der Waals surface area contributed by atoms with Gasteiger partial charge in [0.1, 0.15) is 0 Å². The molecule has 0 bridgehead atoms. The Morgan fingerprint density at radius 2 is 1.76 bits per heavy atom. The van der Waals surface area contributed by atoms with E-state index in [0.29, 0.717) is 33.2 Å². The van der Waals surface area contributed by atoms with Gasteiger partial charge in [-0.1, -0.05) is 41.4 Å². The third-order valence-electron chi connectivity index (χ3n) is 6.38. The minimum atomic E-state index is -0.688. The minimum absolute atomic E-state index is 0.0774. The van der Waals surface area contributed by atoms with Crippen molar-refractivity contribution < 1.29 is 14.4 Å². The summed E-state index contributed by atoms with van der Waals surface area (Å²) < 4.78 is 0. The van der Waals surface area contributed by atoms with Crippen molar-refractivity contribution in [2.45, 2.75) is 25.4 Å². The number of Topliss-reactive ketones (excluding diaryl/α,β-unsaturated/α-hetero) is 1. The largest absolute Gasteiger partial charge is 0.324 e. The quantitative estimate of drug-likeness (QED) is 0.350. The number of hydrogen-bond acceptors (Lipinski definition) is 5. The molecule has 7 nitrogen and oxygen atoms in total. The lowest BCUT2D eigenvalue weighted by Crippen LogP contribution is -2.44. The van der Waals surface area contributed by atoms with Gasteiger partial charge in [0.2, 0.25) is 0 Å². The van der Waals surface area contributed by atoms with Crippen LogP contribution < -0.4 is 5.32 Å². The molecule has 0 aliphatic carbocycles. The van der Waals surface area contributed by atoms with Crippen LogP contribution in [0.5, 0.6) is 0 Å². The normalized spacial score (nSPS) is 15.1. The zero-order valence-electron chi connectivity index (χ0n) is 20.1. The SMILES string of the molecule is O=C(Nc1ncccc1Cl)c1ccc(CN2C(=O)c3ccc(Cl)cc3CC(=O)[C@H]2Cc2cccnc2)cc1. The molecule has 1 aliphatic heterocycles. The lowest BCUT2D eigenvalue weighted by atomic mass is 9.98. The number of fused-ring (bicyclic) bond motifs is 1. The van der Waals surface area contributed by atoms with Crippen LogP contribution in [0, 0.1) is 0 Å². The van der Waals surface area contributed by atoms with Gasteiger partial charge in [-0.2, -0.15) is 0 Å². The predicted octanol–water partition coefficient (Wildman–Crippen LogP) is 5.41. The number of benzene rings is 2. The summed E-state index contributed by atoms with van der Waals surface area (Å²) in [6.45, 7) is 0.186. The smallest absolute Gasteiger partial charge is 0.256 e. The number of hydrogen-bond donors (Lipinski definition) is 1. The second-order valence-corrected chi connectivity index (χ2v) is 9.79. The molecule has 1 aliphatic rings. The number of rotatable bonds is 6. The Labute approximate surface area is 229 Å². The van der Waals surface area contributed by atoms with Crippen LogP contribution in [0.2, 0.25) is 10.0 Å². The first-order valence-corrected chi connectivity index (χ1v) is 12.7. The zero-order chi connectivity index (χ0) is 26.6. The fraction of sp³-hybridized carbons (Fsp3) is 0.138. The van der Waals surface area contributed by atoms with E-state index in [0.717, 1.165) is 11.1 Å².